The highest BCUT2D eigenvalue weighted by atomic mass is 79.9. The molecule has 4 aromatic rings. The Bertz CT molecular complexity index is 1100. The fourth-order valence-electron chi connectivity index (χ4n) is 2.94. The number of H-pyrrole nitrogens is 1. The van der Waals surface area contributed by atoms with Gasteiger partial charge in [-0.1, -0.05) is 54.6 Å². The molecule has 0 spiro atoms. The summed E-state index contributed by atoms with van der Waals surface area (Å²) < 4.78 is 0.885. The third-order valence-electron chi connectivity index (χ3n) is 4.02. The van der Waals surface area contributed by atoms with E-state index in [9.17, 15) is 4.79 Å². The Morgan fingerprint density at radius 2 is 1.61 bits per heavy atom. The fourth-order valence-corrected chi connectivity index (χ4v) is 3.44. The smallest absolute Gasteiger partial charge is 0.274 e. The molecule has 0 aliphatic rings. The van der Waals surface area contributed by atoms with Crippen molar-refractivity contribution < 1.29 is 0 Å². The highest BCUT2D eigenvalue weighted by Crippen LogP contribution is 2.35. The molecule has 4 heteroatoms. The molecule has 0 saturated carbocycles. The van der Waals surface area contributed by atoms with Crippen molar-refractivity contribution in [1.82, 2.24) is 9.97 Å². The lowest BCUT2D eigenvalue weighted by Crippen LogP contribution is -2.11. The largest absolute Gasteiger partial charge is 0.323 e. The quantitative estimate of drug-likeness (QED) is 0.492. The molecular formula is C19H13BrN2O. The minimum atomic E-state index is -0.163. The van der Waals surface area contributed by atoms with Crippen LogP contribution in [0.3, 0.4) is 0 Å². The van der Waals surface area contributed by atoms with E-state index in [0.29, 0.717) is 5.52 Å². The van der Waals surface area contributed by atoms with Crippen LogP contribution in [0.2, 0.25) is 0 Å². The lowest BCUT2D eigenvalue weighted by molar-refractivity contribution is 1.14. The van der Waals surface area contributed by atoms with E-state index in [-0.39, 0.29) is 5.56 Å². The minimum absolute atomic E-state index is 0.163. The number of nitrogens with one attached hydrogen (secondary N) is 1. The molecule has 0 aliphatic carbocycles. The topological polar surface area (TPSA) is 45.8 Å². The summed E-state index contributed by atoms with van der Waals surface area (Å²) in [5, 5.41) is 2.93. The van der Waals surface area contributed by atoms with E-state index in [4.69, 9.17) is 4.98 Å². The maximum atomic E-state index is 12.4. The summed E-state index contributed by atoms with van der Waals surface area (Å²) >= 11 is 3.61. The first kappa shape index (κ1) is 14.2. The molecule has 2 aromatic carbocycles. The highest BCUT2D eigenvalue weighted by molar-refractivity contribution is 9.10. The molecule has 2 heterocycles. The number of aryl methyl sites for hydroxylation is 1. The van der Waals surface area contributed by atoms with E-state index < -0.39 is 0 Å². The normalized spacial score (nSPS) is 11.2. The number of pyridine rings is 2. The zero-order valence-corrected chi connectivity index (χ0v) is 14.0. The average Bonchev–Trinajstić information content (AvgIpc) is 2.59. The molecule has 1 N–H and O–H groups in total. The predicted molar refractivity (Wildman–Crippen MR) is 97.7 cm³/mol. The van der Waals surface area contributed by atoms with Gasteiger partial charge in [0.05, 0.1) is 5.69 Å². The van der Waals surface area contributed by atoms with Gasteiger partial charge in [0.2, 0.25) is 0 Å². The summed E-state index contributed by atoms with van der Waals surface area (Å²) in [6.45, 7) is 1.88. The fraction of sp³-hybridized carbons (Fsp3) is 0.0526. The van der Waals surface area contributed by atoms with Gasteiger partial charge in [0.25, 0.3) is 5.56 Å². The summed E-state index contributed by atoms with van der Waals surface area (Å²) in [7, 11) is 0. The zero-order valence-electron chi connectivity index (χ0n) is 12.4. The standard InChI is InChI=1S/C19H13BrN2O/c1-11-16(20)15-13-9-5-6-10-14(13)17(12-7-3-2-4-8-12)22-18(15)19(23)21-11/h2-10H,1H3,(H,21,23). The van der Waals surface area contributed by atoms with Gasteiger partial charge in [-0.25, -0.2) is 4.98 Å². The van der Waals surface area contributed by atoms with Crippen molar-refractivity contribution in [2.45, 2.75) is 6.92 Å². The van der Waals surface area contributed by atoms with Crippen LogP contribution < -0.4 is 5.56 Å². The van der Waals surface area contributed by atoms with Crippen molar-refractivity contribution in [2.24, 2.45) is 0 Å². The molecular weight excluding hydrogens is 352 g/mol. The van der Waals surface area contributed by atoms with Crippen molar-refractivity contribution in [3.8, 4) is 11.3 Å². The monoisotopic (exact) mass is 364 g/mol. The third kappa shape index (κ3) is 2.18. The van der Waals surface area contributed by atoms with E-state index in [0.717, 1.165) is 37.6 Å². The van der Waals surface area contributed by atoms with Gasteiger partial charge in [-0.2, -0.15) is 0 Å². The summed E-state index contributed by atoms with van der Waals surface area (Å²) in [4.78, 5) is 20.0. The van der Waals surface area contributed by atoms with E-state index in [1.807, 2.05) is 61.5 Å². The van der Waals surface area contributed by atoms with Gasteiger partial charge in [0, 0.05) is 26.5 Å². The summed E-state index contributed by atoms with van der Waals surface area (Å²) in [5.41, 5.74) is 2.93. The van der Waals surface area contributed by atoms with Gasteiger partial charge in [0.1, 0.15) is 5.52 Å². The Kier molecular flexibility index (Phi) is 3.27. The van der Waals surface area contributed by atoms with Crippen LogP contribution >= 0.6 is 15.9 Å². The van der Waals surface area contributed by atoms with Crippen LogP contribution in [-0.4, -0.2) is 9.97 Å². The second-order valence-electron chi connectivity index (χ2n) is 5.49. The predicted octanol–water partition coefficient (Wildman–Crippen LogP) is 4.81. The molecule has 2 aromatic heterocycles. The van der Waals surface area contributed by atoms with E-state index in [2.05, 4.69) is 20.9 Å². The number of hydrogen-bond donors (Lipinski definition) is 1. The summed E-state index contributed by atoms with van der Waals surface area (Å²) in [6.07, 6.45) is 0. The first-order valence-electron chi connectivity index (χ1n) is 7.33. The number of halogens is 1. The molecule has 0 amide bonds. The molecule has 0 atom stereocenters. The number of benzene rings is 2. The molecule has 4 rings (SSSR count). The molecule has 23 heavy (non-hydrogen) atoms. The van der Waals surface area contributed by atoms with Gasteiger partial charge in [-0.05, 0) is 28.2 Å². The highest BCUT2D eigenvalue weighted by Gasteiger charge is 2.15. The van der Waals surface area contributed by atoms with Crippen molar-refractivity contribution in [2.75, 3.05) is 0 Å². The first-order valence-corrected chi connectivity index (χ1v) is 8.12. The molecule has 0 saturated heterocycles. The summed E-state index contributed by atoms with van der Waals surface area (Å²) in [6, 6.07) is 18.0. The first-order chi connectivity index (χ1) is 11.2. The maximum Gasteiger partial charge on any atom is 0.274 e. The minimum Gasteiger partial charge on any atom is -0.323 e. The molecule has 3 nitrogen and oxygen atoms in total. The van der Waals surface area contributed by atoms with Crippen molar-refractivity contribution in [3.05, 3.63) is 75.1 Å². The van der Waals surface area contributed by atoms with Gasteiger partial charge in [0.15, 0.2) is 0 Å². The van der Waals surface area contributed by atoms with Crippen LogP contribution in [0.4, 0.5) is 0 Å². The second kappa shape index (κ2) is 5.32. The molecule has 0 fully saturated rings. The number of nitrogens with zero attached hydrogens (tertiary/aromatic N) is 1. The number of aromatic nitrogens is 2. The Labute approximate surface area is 141 Å². The van der Waals surface area contributed by atoms with E-state index >= 15 is 0 Å². The molecule has 0 radical (unpaired) electrons. The van der Waals surface area contributed by atoms with Gasteiger partial charge < -0.3 is 4.98 Å². The van der Waals surface area contributed by atoms with Gasteiger partial charge in [-0.15, -0.1) is 0 Å². The van der Waals surface area contributed by atoms with Crippen LogP contribution in [0.15, 0.2) is 63.9 Å². The Balaban J connectivity index is 2.27. The van der Waals surface area contributed by atoms with Crippen LogP contribution in [0, 0.1) is 6.92 Å². The number of rotatable bonds is 1. The number of hydrogen-bond acceptors (Lipinski definition) is 2. The third-order valence-corrected chi connectivity index (χ3v) is 5.02. The molecule has 0 aliphatic heterocycles. The van der Waals surface area contributed by atoms with Crippen molar-refractivity contribution in [3.63, 3.8) is 0 Å². The number of fused-ring (bicyclic) bond motifs is 3. The van der Waals surface area contributed by atoms with Crippen LogP contribution in [0.25, 0.3) is 32.9 Å². The Morgan fingerprint density at radius 3 is 2.35 bits per heavy atom. The second-order valence-corrected chi connectivity index (χ2v) is 6.28. The Morgan fingerprint density at radius 1 is 0.957 bits per heavy atom. The van der Waals surface area contributed by atoms with Crippen LogP contribution in [0.1, 0.15) is 5.69 Å². The van der Waals surface area contributed by atoms with Gasteiger partial charge >= 0.3 is 0 Å². The summed E-state index contributed by atoms with van der Waals surface area (Å²) in [5.74, 6) is 0. The van der Waals surface area contributed by atoms with Crippen molar-refractivity contribution in [1.29, 1.82) is 0 Å². The van der Waals surface area contributed by atoms with Gasteiger partial charge in [-0.3, -0.25) is 4.79 Å². The number of aromatic amines is 1. The lowest BCUT2D eigenvalue weighted by atomic mass is 10.0. The average molecular weight is 365 g/mol. The zero-order chi connectivity index (χ0) is 16.0. The Hall–Kier alpha value is -2.46. The molecule has 0 unspecified atom stereocenters. The molecule has 112 valence electrons. The van der Waals surface area contributed by atoms with Crippen molar-refractivity contribution >= 4 is 37.6 Å². The van der Waals surface area contributed by atoms with Crippen LogP contribution in [-0.2, 0) is 0 Å². The van der Waals surface area contributed by atoms with Crippen LogP contribution in [0.5, 0.6) is 0 Å². The maximum absolute atomic E-state index is 12.4. The van der Waals surface area contributed by atoms with E-state index in [1.165, 1.54) is 0 Å². The van der Waals surface area contributed by atoms with E-state index in [1.54, 1.807) is 0 Å². The molecule has 0 bridgehead atoms. The lowest BCUT2D eigenvalue weighted by Gasteiger charge is -2.11. The SMILES string of the molecule is Cc1[nH]c(=O)c2nc(-c3ccccc3)c3ccccc3c2c1Br.